The lowest BCUT2D eigenvalue weighted by Crippen LogP contribution is -2.44. The zero-order valence-corrected chi connectivity index (χ0v) is 19.1. The number of piperidine rings is 1. The van der Waals surface area contributed by atoms with Gasteiger partial charge >= 0.3 is 0 Å². The van der Waals surface area contributed by atoms with E-state index in [1.54, 1.807) is 22.5 Å². The van der Waals surface area contributed by atoms with Crippen molar-refractivity contribution in [1.82, 2.24) is 9.21 Å². The lowest BCUT2D eigenvalue weighted by atomic mass is 9.96. The van der Waals surface area contributed by atoms with E-state index in [-0.39, 0.29) is 6.04 Å². The Morgan fingerprint density at radius 3 is 2.47 bits per heavy atom. The molecule has 5 rings (SSSR count). The Morgan fingerprint density at radius 2 is 1.73 bits per heavy atom. The van der Waals surface area contributed by atoms with Crippen LogP contribution < -0.4 is 4.90 Å². The van der Waals surface area contributed by atoms with E-state index in [0.29, 0.717) is 22.4 Å². The van der Waals surface area contributed by atoms with Crippen molar-refractivity contribution in [3.8, 4) is 0 Å². The Hall–Kier alpha value is -1.60. The van der Waals surface area contributed by atoms with Gasteiger partial charge in [-0.05, 0) is 79.8 Å². The number of nitrogens with zero attached hydrogens (tertiary/aromatic N) is 3. The zero-order chi connectivity index (χ0) is 21.0. The molecule has 2 bridgehead atoms. The van der Waals surface area contributed by atoms with E-state index in [1.165, 1.54) is 16.8 Å². The maximum atomic E-state index is 13.6. The Balaban J connectivity index is 1.49. The molecular formula is C23H28ClN3O2S. The van der Waals surface area contributed by atoms with Gasteiger partial charge in [0.15, 0.2) is 0 Å². The smallest absolute Gasteiger partial charge is 0.243 e. The summed E-state index contributed by atoms with van der Waals surface area (Å²) in [5.74, 6) is 0.457. The number of aryl methyl sites for hydroxylation is 1. The van der Waals surface area contributed by atoms with Gasteiger partial charge in [0.1, 0.15) is 0 Å². The molecule has 0 amide bonds. The fourth-order valence-corrected chi connectivity index (χ4v) is 7.38. The van der Waals surface area contributed by atoms with Crippen LogP contribution in [0.5, 0.6) is 0 Å². The minimum absolute atomic E-state index is 0.0875. The normalized spacial score (nSPS) is 24.8. The van der Waals surface area contributed by atoms with Gasteiger partial charge in [-0.3, -0.25) is 0 Å². The van der Waals surface area contributed by atoms with Crippen LogP contribution in [0.1, 0.15) is 41.5 Å². The van der Waals surface area contributed by atoms with Crippen molar-refractivity contribution >= 4 is 27.3 Å². The lowest BCUT2D eigenvalue weighted by molar-refractivity contribution is 0.259. The van der Waals surface area contributed by atoms with Crippen LogP contribution in [0.4, 0.5) is 5.69 Å². The summed E-state index contributed by atoms with van der Waals surface area (Å²) < 4.78 is 28.8. The number of piperazine rings is 1. The third-order valence-corrected chi connectivity index (χ3v) is 9.02. The highest BCUT2D eigenvalue weighted by Crippen LogP contribution is 2.51. The first-order valence-electron chi connectivity index (χ1n) is 10.7. The molecule has 7 heteroatoms. The number of rotatable bonds is 3. The third kappa shape index (κ3) is 3.44. The van der Waals surface area contributed by atoms with E-state index < -0.39 is 10.0 Å². The predicted molar refractivity (Wildman–Crippen MR) is 121 cm³/mol. The molecule has 2 fully saturated rings. The van der Waals surface area contributed by atoms with Gasteiger partial charge in [-0.1, -0.05) is 17.7 Å². The molecule has 30 heavy (non-hydrogen) atoms. The van der Waals surface area contributed by atoms with Crippen molar-refractivity contribution in [1.29, 1.82) is 0 Å². The largest absolute Gasteiger partial charge is 0.369 e. The minimum atomic E-state index is -3.60. The van der Waals surface area contributed by atoms with Crippen LogP contribution in [-0.4, -0.2) is 57.4 Å². The maximum absolute atomic E-state index is 13.6. The van der Waals surface area contributed by atoms with Crippen LogP contribution in [0, 0.1) is 6.92 Å². The number of likely N-dealkylation sites (N-methyl/N-ethyl adjacent to an activating group) is 1. The maximum Gasteiger partial charge on any atom is 0.243 e. The van der Waals surface area contributed by atoms with E-state index in [1.807, 2.05) is 6.92 Å². The van der Waals surface area contributed by atoms with Crippen LogP contribution in [0.15, 0.2) is 41.3 Å². The van der Waals surface area contributed by atoms with Crippen molar-refractivity contribution in [2.45, 2.75) is 36.6 Å². The number of benzene rings is 2. The summed E-state index contributed by atoms with van der Waals surface area (Å²) in [7, 11) is -1.44. The van der Waals surface area contributed by atoms with E-state index in [0.717, 1.165) is 44.6 Å². The molecule has 2 saturated heterocycles. The second-order valence-corrected chi connectivity index (χ2v) is 11.2. The second kappa shape index (κ2) is 7.52. The molecule has 5 nitrogen and oxygen atoms in total. The number of halogens is 1. The summed E-state index contributed by atoms with van der Waals surface area (Å²) in [5.41, 5.74) is 4.60. The van der Waals surface area contributed by atoms with Crippen molar-refractivity contribution < 1.29 is 8.42 Å². The van der Waals surface area contributed by atoms with E-state index >= 15 is 0 Å². The van der Waals surface area contributed by atoms with Crippen molar-refractivity contribution in [2.75, 3.05) is 44.7 Å². The molecule has 3 aliphatic rings. The average Bonchev–Trinajstić information content (AvgIpc) is 2.99. The molecule has 2 heterocycles. The third-order valence-electron chi connectivity index (χ3n) is 6.91. The molecule has 2 aliphatic heterocycles. The fourth-order valence-electron chi connectivity index (χ4n) is 5.27. The molecule has 0 radical (unpaired) electrons. The van der Waals surface area contributed by atoms with Crippen molar-refractivity contribution in [2.24, 2.45) is 0 Å². The lowest BCUT2D eigenvalue weighted by Gasteiger charge is -2.35. The second-order valence-electron chi connectivity index (χ2n) is 8.92. The molecule has 160 valence electrons. The standard InChI is InChI=1S/C23H28ClN3O2S/c1-16-11-18(24)14-20(12-16)30(28,29)27-6-5-17-13-23(27)22-15-19(3-4-21(17)22)26-9-7-25(2)8-10-26/h3-4,11-12,14-15,17,23H,5-10,13H2,1-2H3/t17-,23-/m1/s1. The first kappa shape index (κ1) is 20.3. The van der Waals surface area contributed by atoms with Gasteiger partial charge in [-0.2, -0.15) is 4.31 Å². The first-order valence-corrected chi connectivity index (χ1v) is 12.5. The molecule has 0 saturated carbocycles. The average molecular weight is 446 g/mol. The highest BCUT2D eigenvalue weighted by atomic mass is 35.5. The van der Waals surface area contributed by atoms with Crippen molar-refractivity contribution in [3.63, 3.8) is 0 Å². The molecule has 0 aromatic heterocycles. The molecule has 2 atom stereocenters. The number of hydrogen-bond acceptors (Lipinski definition) is 4. The van der Waals surface area contributed by atoms with E-state index in [2.05, 4.69) is 35.0 Å². The molecule has 0 unspecified atom stereocenters. The minimum Gasteiger partial charge on any atom is -0.369 e. The Morgan fingerprint density at radius 1 is 0.967 bits per heavy atom. The summed E-state index contributed by atoms with van der Waals surface area (Å²) in [5, 5.41) is 0.465. The zero-order valence-electron chi connectivity index (χ0n) is 17.5. The summed E-state index contributed by atoms with van der Waals surface area (Å²) >= 11 is 6.18. The van der Waals surface area contributed by atoms with Crippen LogP contribution in [-0.2, 0) is 10.0 Å². The van der Waals surface area contributed by atoms with Crippen molar-refractivity contribution in [3.05, 3.63) is 58.1 Å². The Kier molecular flexibility index (Phi) is 5.09. The topological polar surface area (TPSA) is 43.9 Å². The SMILES string of the molecule is Cc1cc(Cl)cc(S(=O)(=O)N2CC[C@@H]3C[C@@H]2c2cc(N4CCN(C)CC4)ccc23)c1. The summed E-state index contributed by atoms with van der Waals surface area (Å²) in [4.78, 5) is 5.06. The molecule has 0 N–H and O–H groups in total. The number of sulfonamides is 1. The van der Waals surface area contributed by atoms with Gasteiger partial charge < -0.3 is 9.80 Å². The quantitative estimate of drug-likeness (QED) is 0.715. The summed E-state index contributed by atoms with van der Waals surface area (Å²) in [6, 6.07) is 11.7. The van der Waals surface area contributed by atoms with Crippen LogP contribution in [0.3, 0.4) is 0 Å². The van der Waals surface area contributed by atoms with Gasteiger partial charge in [-0.15, -0.1) is 0 Å². The first-order chi connectivity index (χ1) is 14.3. The molecule has 0 spiro atoms. The number of fused-ring (bicyclic) bond motifs is 5. The van der Waals surface area contributed by atoms with Gasteiger partial charge in [0.2, 0.25) is 10.0 Å². The van der Waals surface area contributed by atoms with E-state index in [9.17, 15) is 8.42 Å². The molecule has 1 aliphatic carbocycles. The van der Waals surface area contributed by atoms with E-state index in [4.69, 9.17) is 11.6 Å². The Bertz CT molecular complexity index is 1060. The number of hydrogen-bond donors (Lipinski definition) is 0. The summed E-state index contributed by atoms with van der Waals surface area (Å²) in [6.45, 7) is 6.56. The number of anilines is 1. The van der Waals surface area contributed by atoms with Crippen LogP contribution in [0.25, 0.3) is 0 Å². The predicted octanol–water partition coefficient (Wildman–Crippen LogP) is 4.02. The van der Waals surface area contributed by atoms with Gasteiger partial charge in [0, 0.05) is 43.4 Å². The Labute approximate surface area is 184 Å². The van der Waals surface area contributed by atoms with Gasteiger partial charge in [0.05, 0.1) is 10.9 Å². The highest BCUT2D eigenvalue weighted by Gasteiger charge is 2.44. The van der Waals surface area contributed by atoms with Gasteiger partial charge in [0.25, 0.3) is 0 Å². The van der Waals surface area contributed by atoms with Crippen LogP contribution in [0.2, 0.25) is 5.02 Å². The highest BCUT2D eigenvalue weighted by molar-refractivity contribution is 7.89. The molecule has 2 aromatic carbocycles. The van der Waals surface area contributed by atoms with Crippen LogP contribution >= 0.6 is 11.6 Å². The molecule has 2 aromatic rings. The fraction of sp³-hybridized carbons (Fsp3) is 0.478. The monoisotopic (exact) mass is 445 g/mol. The summed E-state index contributed by atoms with van der Waals surface area (Å²) in [6.07, 6.45) is 1.75. The van der Waals surface area contributed by atoms with Gasteiger partial charge in [-0.25, -0.2) is 8.42 Å². The molecular weight excluding hydrogens is 418 g/mol.